The van der Waals surface area contributed by atoms with E-state index in [4.69, 9.17) is 10.4 Å². The van der Waals surface area contributed by atoms with Gasteiger partial charge in [-0.1, -0.05) is 0 Å². The number of nitriles is 1. The van der Waals surface area contributed by atoms with Gasteiger partial charge in [0.05, 0.1) is 6.07 Å². The summed E-state index contributed by atoms with van der Waals surface area (Å²) < 4.78 is 0. The van der Waals surface area contributed by atoms with Crippen molar-refractivity contribution in [2.24, 2.45) is 0 Å². The molecule has 5 heteroatoms. The van der Waals surface area contributed by atoms with Gasteiger partial charge in [0.2, 0.25) is 0 Å². The molecule has 0 aromatic heterocycles. The fourth-order valence-electron chi connectivity index (χ4n) is 1.12. The first-order valence-corrected chi connectivity index (χ1v) is 4.14. The number of aliphatic hydroxyl groups is 2. The molecule has 1 aromatic carbocycles. The Bertz CT molecular complexity index is 410. The standard InChI is InChI=1S/C10H9NO4/c11-4-9(14)10(15)7-3-6(5-12)1-2-8(7)13/h1-3,5,9-10,13-15H. The molecule has 0 amide bonds. The van der Waals surface area contributed by atoms with Crippen LogP contribution in [0.5, 0.6) is 5.75 Å². The highest BCUT2D eigenvalue weighted by atomic mass is 16.3. The van der Waals surface area contributed by atoms with Crippen molar-refractivity contribution in [3.05, 3.63) is 29.3 Å². The van der Waals surface area contributed by atoms with Crippen LogP contribution in [0.1, 0.15) is 22.0 Å². The third-order valence-electron chi connectivity index (χ3n) is 1.94. The quantitative estimate of drug-likeness (QED) is 0.482. The molecule has 0 bridgehead atoms. The van der Waals surface area contributed by atoms with Crippen LogP contribution in [0.25, 0.3) is 0 Å². The van der Waals surface area contributed by atoms with Gasteiger partial charge in [-0.15, -0.1) is 0 Å². The summed E-state index contributed by atoms with van der Waals surface area (Å²) in [5.74, 6) is -0.276. The number of nitrogens with zero attached hydrogens (tertiary/aromatic N) is 1. The molecule has 0 spiro atoms. The van der Waals surface area contributed by atoms with Gasteiger partial charge < -0.3 is 15.3 Å². The largest absolute Gasteiger partial charge is 0.508 e. The van der Waals surface area contributed by atoms with Crippen LogP contribution in [0.3, 0.4) is 0 Å². The SMILES string of the molecule is N#CC(O)C(O)c1cc(C=O)ccc1O. The van der Waals surface area contributed by atoms with E-state index in [0.29, 0.717) is 6.29 Å². The fraction of sp³-hybridized carbons (Fsp3) is 0.200. The zero-order valence-corrected chi connectivity index (χ0v) is 7.66. The third kappa shape index (κ3) is 2.31. The summed E-state index contributed by atoms with van der Waals surface area (Å²) in [7, 11) is 0. The summed E-state index contributed by atoms with van der Waals surface area (Å²) in [5, 5.41) is 36.2. The number of aromatic hydroxyl groups is 1. The second-order valence-corrected chi connectivity index (χ2v) is 2.95. The summed E-state index contributed by atoms with van der Waals surface area (Å²) >= 11 is 0. The van der Waals surface area contributed by atoms with Crippen LogP contribution in [-0.2, 0) is 0 Å². The summed E-state index contributed by atoms with van der Waals surface area (Å²) in [4.78, 5) is 10.4. The average Bonchev–Trinajstić information content (AvgIpc) is 2.27. The van der Waals surface area contributed by atoms with Crippen LogP contribution < -0.4 is 0 Å². The van der Waals surface area contributed by atoms with Crippen molar-refractivity contribution in [3.63, 3.8) is 0 Å². The molecule has 0 saturated carbocycles. The van der Waals surface area contributed by atoms with E-state index >= 15 is 0 Å². The Balaban J connectivity index is 3.13. The normalized spacial score (nSPS) is 13.9. The summed E-state index contributed by atoms with van der Waals surface area (Å²) in [6.07, 6.45) is -2.64. The van der Waals surface area contributed by atoms with Crippen LogP contribution in [0.4, 0.5) is 0 Å². The molecule has 1 aromatic rings. The van der Waals surface area contributed by atoms with Crippen LogP contribution in [0.15, 0.2) is 18.2 Å². The number of hydrogen-bond acceptors (Lipinski definition) is 5. The highest BCUT2D eigenvalue weighted by molar-refractivity contribution is 5.75. The number of phenolic OH excluding ortho intramolecular Hbond substituents is 1. The molecular weight excluding hydrogens is 198 g/mol. The van der Waals surface area contributed by atoms with E-state index in [2.05, 4.69) is 0 Å². The minimum atomic E-state index is -1.64. The Kier molecular flexibility index (Phi) is 3.39. The monoisotopic (exact) mass is 207 g/mol. The lowest BCUT2D eigenvalue weighted by Crippen LogP contribution is -2.16. The molecule has 78 valence electrons. The van der Waals surface area contributed by atoms with E-state index in [1.807, 2.05) is 0 Å². The van der Waals surface area contributed by atoms with Crippen molar-refractivity contribution in [1.82, 2.24) is 0 Å². The Morgan fingerprint density at radius 2 is 2.07 bits per heavy atom. The first-order chi connectivity index (χ1) is 7.10. The van der Waals surface area contributed by atoms with Gasteiger partial charge in [0.15, 0.2) is 6.10 Å². The highest BCUT2D eigenvalue weighted by Crippen LogP contribution is 2.26. The molecule has 2 unspecified atom stereocenters. The molecule has 0 radical (unpaired) electrons. The number of carbonyl (C=O) groups is 1. The molecule has 0 fully saturated rings. The second-order valence-electron chi connectivity index (χ2n) is 2.95. The maximum absolute atomic E-state index is 10.4. The van der Waals surface area contributed by atoms with Crippen molar-refractivity contribution >= 4 is 6.29 Å². The lowest BCUT2D eigenvalue weighted by Gasteiger charge is -2.13. The van der Waals surface area contributed by atoms with Gasteiger partial charge in [-0.3, -0.25) is 4.79 Å². The number of benzene rings is 1. The first kappa shape index (κ1) is 11.2. The van der Waals surface area contributed by atoms with Crippen molar-refractivity contribution in [3.8, 4) is 11.8 Å². The molecule has 0 saturated heterocycles. The lowest BCUT2D eigenvalue weighted by molar-refractivity contribution is 0.0511. The number of hydrogen-bond donors (Lipinski definition) is 3. The summed E-state index contributed by atoms with van der Waals surface area (Å²) in [5.41, 5.74) is 0.195. The predicted molar refractivity (Wildman–Crippen MR) is 50.1 cm³/mol. The maximum Gasteiger partial charge on any atom is 0.170 e. The van der Waals surface area contributed by atoms with Crippen molar-refractivity contribution < 1.29 is 20.1 Å². The number of rotatable bonds is 3. The first-order valence-electron chi connectivity index (χ1n) is 4.14. The predicted octanol–water partition coefficient (Wildman–Crippen LogP) is 0.123. The van der Waals surface area contributed by atoms with Gasteiger partial charge in [-0.2, -0.15) is 5.26 Å². The molecule has 2 atom stereocenters. The average molecular weight is 207 g/mol. The molecule has 0 aliphatic rings. The molecule has 0 heterocycles. The Hall–Kier alpha value is -1.90. The van der Waals surface area contributed by atoms with E-state index in [0.717, 1.165) is 0 Å². The zero-order valence-electron chi connectivity index (χ0n) is 7.66. The number of phenols is 1. The van der Waals surface area contributed by atoms with E-state index in [9.17, 15) is 15.0 Å². The third-order valence-corrected chi connectivity index (χ3v) is 1.94. The highest BCUT2D eigenvalue weighted by Gasteiger charge is 2.21. The molecule has 3 N–H and O–H groups in total. The Morgan fingerprint density at radius 1 is 1.40 bits per heavy atom. The molecule has 5 nitrogen and oxygen atoms in total. The van der Waals surface area contributed by atoms with Crippen LogP contribution in [0.2, 0.25) is 0 Å². The molecule has 15 heavy (non-hydrogen) atoms. The zero-order chi connectivity index (χ0) is 11.4. The van der Waals surface area contributed by atoms with E-state index in [-0.39, 0.29) is 16.9 Å². The molecular formula is C10H9NO4. The topological polar surface area (TPSA) is 102 Å². The molecule has 0 aliphatic heterocycles. The van der Waals surface area contributed by atoms with Gasteiger partial charge >= 0.3 is 0 Å². The fourth-order valence-corrected chi connectivity index (χ4v) is 1.12. The van der Waals surface area contributed by atoms with Gasteiger partial charge in [0.1, 0.15) is 18.1 Å². The molecule has 0 aliphatic carbocycles. The van der Waals surface area contributed by atoms with Gasteiger partial charge in [-0.25, -0.2) is 0 Å². The van der Waals surface area contributed by atoms with E-state index in [1.165, 1.54) is 24.3 Å². The van der Waals surface area contributed by atoms with E-state index < -0.39 is 12.2 Å². The van der Waals surface area contributed by atoms with Crippen LogP contribution in [0, 0.1) is 11.3 Å². The summed E-state index contributed by atoms with van der Waals surface area (Å²) in [6.45, 7) is 0. The Labute approximate surface area is 85.8 Å². The Morgan fingerprint density at radius 3 is 2.60 bits per heavy atom. The van der Waals surface area contributed by atoms with Gasteiger partial charge in [-0.05, 0) is 18.2 Å². The van der Waals surface area contributed by atoms with Crippen molar-refractivity contribution in [2.45, 2.75) is 12.2 Å². The second kappa shape index (κ2) is 4.55. The van der Waals surface area contributed by atoms with E-state index in [1.54, 1.807) is 0 Å². The lowest BCUT2D eigenvalue weighted by atomic mass is 10.0. The number of aldehydes is 1. The summed E-state index contributed by atoms with van der Waals surface area (Å²) in [6, 6.07) is 5.22. The van der Waals surface area contributed by atoms with Gasteiger partial charge in [0, 0.05) is 11.1 Å². The smallest absolute Gasteiger partial charge is 0.170 e. The molecule has 1 rings (SSSR count). The van der Waals surface area contributed by atoms with Gasteiger partial charge in [0.25, 0.3) is 0 Å². The minimum absolute atomic E-state index is 0.0475. The van der Waals surface area contributed by atoms with Crippen molar-refractivity contribution in [1.29, 1.82) is 5.26 Å². The number of aliphatic hydroxyl groups excluding tert-OH is 2. The van der Waals surface area contributed by atoms with Crippen LogP contribution >= 0.6 is 0 Å². The van der Waals surface area contributed by atoms with Crippen molar-refractivity contribution in [2.75, 3.05) is 0 Å². The minimum Gasteiger partial charge on any atom is -0.508 e. The maximum atomic E-state index is 10.4. The van der Waals surface area contributed by atoms with Crippen LogP contribution in [-0.4, -0.2) is 27.7 Å². The number of carbonyl (C=O) groups excluding carboxylic acids is 1.